The number of hydrogen-bond acceptors (Lipinski definition) is 5. The second-order valence-corrected chi connectivity index (χ2v) is 7.92. The van der Waals surface area contributed by atoms with Crippen LogP contribution in [0.1, 0.15) is 28.4 Å². The third-order valence-electron chi connectivity index (χ3n) is 5.35. The van der Waals surface area contributed by atoms with Gasteiger partial charge in [0.1, 0.15) is 19.8 Å². The summed E-state index contributed by atoms with van der Waals surface area (Å²) < 4.78 is 18.6. The molecule has 0 saturated carbocycles. The van der Waals surface area contributed by atoms with Gasteiger partial charge in [-0.1, -0.05) is 91.0 Å². The summed E-state index contributed by atoms with van der Waals surface area (Å²) >= 11 is 0. The summed E-state index contributed by atoms with van der Waals surface area (Å²) in [5.74, 6) is 1.48. The quantitative estimate of drug-likeness (QED) is 0.316. The van der Waals surface area contributed by atoms with E-state index in [9.17, 15) is 5.11 Å². The van der Waals surface area contributed by atoms with Crippen molar-refractivity contribution in [2.24, 2.45) is 5.73 Å². The summed E-state index contributed by atoms with van der Waals surface area (Å²) in [6.45, 7) is 1.13. The van der Waals surface area contributed by atoms with Crippen LogP contribution in [0.5, 0.6) is 17.2 Å². The highest BCUT2D eigenvalue weighted by Gasteiger charge is 2.19. The molecule has 4 aromatic rings. The fraction of sp³-hybridized carbons (Fsp3) is 0.172. The van der Waals surface area contributed by atoms with Crippen molar-refractivity contribution >= 4 is 0 Å². The Hall–Kier alpha value is -3.80. The van der Waals surface area contributed by atoms with Gasteiger partial charge in [-0.3, -0.25) is 0 Å². The minimum absolute atomic E-state index is 0.0838. The summed E-state index contributed by atoms with van der Waals surface area (Å²) in [6.07, 6.45) is -0.846. The van der Waals surface area contributed by atoms with E-state index in [-0.39, 0.29) is 6.54 Å². The molecule has 0 unspecified atom stereocenters. The Morgan fingerprint density at radius 2 is 0.971 bits per heavy atom. The van der Waals surface area contributed by atoms with Gasteiger partial charge in [-0.05, 0) is 34.4 Å². The first kappa shape index (κ1) is 23.4. The first-order chi connectivity index (χ1) is 16.7. The van der Waals surface area contributed by atoms with E-state index in [1.54, 1.807) is 12.1 Å². The van der Waals surface area contributed by atoms with Crippen LogP contribution in [0.25, 0.3) is 0 Å². The minimum atomic E-state index is -0.846. The van der Waals surface area contributed by atoms with Gasteiger partial charge in [-0.15, -0.1) is 0 Å². The lowest BCUT2D eigenvalue weighted by Gasteiger charge is -2.20. The lowest BCUT2D eigenvalue weighted by Crippen LogP contribution is -2.12. The number of nitrogens with two attached hydrogens (primary N) is 1. The molecule has 0 aliphatic carbocycles. The molecule has 0 heterocycles. The average Bonchev–Trinajstić information content (AvgIpc) is 2.91. The van der Waals surface area contributed by atoms with E-state index in [1.165, 1.54) is 0 Å². The van der Waals surface area contributed by atoms with Gasteiger partial charge in [0, 0.05) is 6.54 Å². The van der Waals surface area contributed by atoms with E-state index < -0.39 is 6.10 Å². The predicted octanol–water partition coefficient (Wildman–Crippen LogP) is 5.42. The van der Waals surface area contributed by atoms with Gasteiger partial charge in [0.15, 0.2) is 11.5 Å². The number of ether oxygens (including phenoxy) is 3. The second kappa shape index (κ2) is 11.9. The Labute approximate surface area is 200 Å². The summed E-state index contributed by atoms with van der Waals surface area (Å²) in [5, 5.41) is 10.5. The molecule has 34 heavy (non-hydrogen) atoms. The standard InChI is InChI=1S/C29H29NO4/c30-18-26(31)25-16-27(32-19-22-10-4-1-5-11-22)29(34-21-24-14-8-3-9-15-24)28(17-25)33-20-23-12-6-2-7-13-23/h1-17,26,31H,18-21,30H2/t26-/m1/s1. The smallest absolute Gasteiger partial charge is 0.203 e. The Morgan fingerprint density at radius 3 is 1.35 bits per heavy atom. The largest absolute Gasteiger partial charge is 0.485 e. The van der Waals surface area contributed by atoms with Crippen molar-refractivity contribution in [1.29, 1.82) is 0 Å². The molecule has 3 N–H and O–H groups in total. The van der Waals surface area contributed by atoms with Crippen molar-refractivity contribution in [3.8, 4) is 17.2 Å². The van der Waals surface area contributed by atoms with E-state index in [4.69, 9.17) is 19.9 Å². The normalized spacial score (nSPS) is 11.6. The Balaban J connectivity index is 1.66. The maximum atomic E-state index is 10.5. The predicted molar refractivity (Wildman–Crippen MR) is 133 cm³/mol. The Bertz CT molecular complexity index is 1090. The van der Waals surface area contributed by atoms with Gasteiger partial charge in [-0.2, -0.15) is 0 Å². The number of hydrogen-bond donors (Lipinski definition) is 2. The van der Waals surface area contributed by atoms with Crippen molar-refractivity contribution < 1.29 is 19.3 Å². The highest BCUT2D eigenvalue weighted by Crippen LogP contribution is 2.41. The fourth-order valence-corrected chi connectivity index (χ4v) is 3.48. The van der Waals surface area contributed by atoms with Crippen LogP contribution in [0.15, 0.2) is 103 Å². The van der Waals surface area contributed by atoms with Crippen LogP contribution < -0.4 is 19.9 Å². The first-order valence-electron chi connectivity index (χ1n) is 11.3. The topological polar surface area (TPSA) is 73.9 Å². The fourth-order valence-electron chi connectivity index (χ4n) is 3.48. The average molecular weight is 456 g/mol. The molecule has 0 fully saturated rings. The van der Waals surface area contributed by atoms with Crippen molar-refractivity contribution in [2.75, 3.05) is 6.54 Å². The van der Waals surface area contributed by atoms with E-state index in [2.05, 4.69) is 0 Å². The highest BCUT2D eigenvalue weighted by molar-refractivity contribution is 5.54. The second-order valence-electron chi connectivity index (χ2n) is 7.92. The van der Waals surface area contributed by atoms with Crippen LogP contribution in [0.4, 0.5) is 0 Å². The lowest BCUT2D eigenvalue weighted by molar-refractivity contribution is 0.183. The molecule has 174 valence electrons. The zero-order valence-electron chi connectivity index (χ0n) is 19.0. The number of aliphatic hydroxyl groups excluding tert-OH is 1. The SMILES string of the molecule is NC[C@@H](O)c1cc(OCc2ccccc2)c(OCc2ccccc2)c(OCc2ccccc2)c1. The molecule has 1 atom stereocenters. The van der Waals surface area contributed by atoms with E-state index in [0.717, 1.165) is 16.7 Å². The van der Waals surface area contributed by atoms with E-state index >= 15 is 0 Å². The van der Waals surface area contributed by atoms with Gasteiger partial charge in [-0.25, -0.2) is 0 Å². The monoisotopic (exact) mass is 455 g/mol. The van der Waals surface area contributed by atoms with Crippen molar-refractivity contribution in [3.05, 3.63) is 125 Å². The Kier molecular flexibility index (Phi) is 8.17. The van der Waals surface area contributed by atoms with Gasteiger partial charge in [0.05, 0.1) is 6.10 Å². The third kappa shape index (κ3) is 6.38. The van der Waals surface area contributed by atoms with Crippen LogP contribution in [0, 0.1) is 0 Å². The van der Waals surface area contributed by atoms with E-state index in [1.807, 2.05) is 91.0 Å². The zero-order chi connectivity index (χ0) is 23.6. The molecule has 4 rings (SSSR count). The van der Waals surface area contributed by atoms with Crippen LogP contribution in [0.3, 0.4) is 0 Å². The third-order valence-corrected chi connectivity index (χ3v) is 5.35. The zero-order valence-corrected chi connectivity index (χ0v) is 19.0. The Morgan fingerprint density at radius 1 is 0.588 bits per heavy atom. The molecule has 0 bridgehead atoms. The molecular formula is C29H29NO4. The number of rotatable bonds is 11. The molecule has 0 saturated heterocycles. The summed E-state index contributed by atoms with van der Waals surface area (Å²) in [5.41, 5.74) is 9.42. The van der Waals surface area contributed by atoms with Crippen molar-refractivity contribution in [3.63, 3.8) is 0 Å². The molecule has 0 aliphatic heterocycles. The molecule has 0 aromatic heterocycles. The molecule has 0 aliphatic rings. The minimum Gasteiger partial charge on any atom is -0.485 e. The van der Waals surface area contributed by atoms with Gasteiger partial charge in [0.25, 0.3) is 0 Å². The molecule has 5 nitrogen and oxygen atoms in total. The van der Waals surface area contributed by atoms with Gasteiger partial charge in [0.2, 0.25) is 5.75 Å². The maximum Gasteiger partial charge on any atom is 0.203 e. The molecule has 0 spiro atoms. The summed E-state index contributed by atoms with van der Waals surface area (Å²) in [6, 6.07) is 33.2. The summed E-state index contributed by atoms with van der Waals surface area (Å²) in [7, 11) is 0. The molecule has 0 amide bonds. The molecular weight excluding hydrogens is 426 g/mol. The van der Waals surface area contributed by atoms with Crippen molar-refractivity contribution in [2.45, 2.75) is 25.9 Å². The molecule has 4 aromatic carbocycles. The van der Waals surface area contributed by atoms with E-state index in [0.29, 0.717) is 42.6 Å². The highest BCUT2D eigenvalue weighted by atomic mass is 16.5. The number of aliphatic hydroxyl groups is 1. The van der Waals surface area contributed by atoms with Crippen molar-refractivity contribution in [1.82, 2.24) is 0 Å². The van der Waals surface area contributed by atoms with Crippen LogP contribution in [0.2, 0.25) is 0 Å². The first-order valence-corrected chi connectivity index (χ1v) is 11.3. The van der Waals surface area contributed by atoms with Crippen LogP contribution in [-0.4, -0.2) is 11.7 Å². The molecule has 0 radical (unpaired) electrons. The lowest BCUT2D eigenvalue weighted by atomic mass is 10.1. The summed E-state index contributed by atoms with van der Waals surface area (Å²) in [4.78, 5) is 0. The van der Waals surface area contributed by atoms with Gasteiger partial charge < -0.3 is 25.1 Å². The maximum absolute atomic E-state index is 10.5. The van der Waals surface area contributed by atoms with Crippen LogP contribution >= 0.6 is 0 Å². The van der Waals surface area contributed by atoms with Gasteiger partial charge >= 0.3 is 0 Å². The van der Waals surface area contributed by atoms with Crippen LogP contribution in [-0.2, 0) is 19.8 Å². The number of benzene rings is 4. The molecule has 5 heteroatoms.